The zero-order valence-corrected chi connectivity index (χ0v) is 14.6. The molecule has 1 aromatic heterocycles. The van der Waals surface area contributed by atoms with Crippen molar-refractivity contribution in [1.29, 1.82) is 0 Å². The van der Waals surface area contributed by atoms with Gasteiger partial charge in [0.25, 0.3) is 5.91 Å². The summed E-state index contributed by atoms with van der Waals surface area (Å²) in [6.45, 7) is 3.80. The highest BCUT2D eigenvalue weighted by atomic mass is 19.1. The predicted octanol–water partition coefficient (Wildman–Crippen LogP) is 1.03. The molecule has 0 saturated carbocycles. The van der Waals surface area contributed by atoms with Crippen molar-refractivity contribution in [3.05, 3.63) is 47.5 Å². The highest BCUT2D eigenvalue weighted by molar-refractivity contribution is 5.95. The number of hydrogen-bond donors (Lipinski definition) is 2. The Kier molecular flexibility index (Phi) is 5.03. The number of nitrogens with one attached hydrogen (secondary N) is 1. The van der Waals surface area contributed by atoms with Crippen LogP contribution in [0.4, 0.5) is 4.39 Å². The lowest BCUT2D eigenvalue weighted by Crippen LogP contribution is -2.53. The SMILES string of the molecule is CC(=O)N1CC(O)CC(NC(=O)c2cn(-c3ccc(F)cc3)nc2C)C1. The lowest BCUT2D eigenvalue weighted by atomic mass is 10.0. The van der Waals surface area contributed by atoms with Crippen LogP contribution in [0.2, 0.25) is 0 Å². The van der Waals surface area contributed by atoms with Gasteiger partial charge in [-0.15, -0.1) is 0 Å². The molecule has 2 amide bonds. The van der Waals surface area contributed by atoms with Gasteiger partial charge < -0.3 is 15.3 Å². The third kappa shape index (κ3) is 3.91. The van der Waals surface area contributed by atoms with Crippen LogP contribution in [0.1, 0.15) is 29.4 Å². The van der Waals surface area contributed by atoms with E-state index in [1.807, 2.05) is 0 Å². The molecule has 138 valence electrons. The number of benzene rings is 1. The van der Waals surface area contributed by atoms with Gasteiger partial charge in [0.05, 0.1) is 23.0 Å². The summed E-state index contributed by atoms with van der Waals surface area (Å²) < 4.78 is 14.6. The molecule has 0 bridgehead atoms. The Morgan fingerprint density at radius 3 is 2.62 bits per heavy atom. The predicted molar refractivity (Wildman–Crippen MR) is 92.4 cm³/mol. The monoisotopic (exact) mass is 360 g/mol. The van der Waals surface area contributed by atoms with E-state index in [-0.39, 0.29) is 30.2 Å². The Morgan fingerprint density at radius 2 is 1.96 bits per heavy atom. The van der Waals surface area contributed by atoms with E-state index >= 15 is 0 Å². The number of carbonyl (C=O) groups excluding carboxylic acids is 2. The van der Waals surface area contributed by atoms with Crippen LogP contribution in [0.5, 0.6) is 0 Å². The number of aliphatic hydroxyl groups excluding tert-OH is 1. The first-order chi connectivity index (χ1) is 12.3. The van der Waals surface area contributed by atoms with Crippen molar-refractivity contribution >= 4 is 11.8 Å². The fraction of sp³-hybridized carbons (Fsp3) is 0.389. The van der Waals surface area contributed by atoms with Crippen molar-refractivity contribution in [2.75, 3.05) is 13.1 Å². The van der Waals surface area contributed by atoms with Crippen molar-refractivity contribution in [2.24, 2.45) is 0 Å². The van der Waals surface area contributed by atoms with Gasteiger partial charge in [0.15, 0.2) is 0 Å². The average Bonchev–Trinajstić information content (AvgIpc) is 2.97. The second kappa shape index (κ2) is 7.25. The fourth-order valence-electron chi connectivity index (χ4n) is 3.11. The third-order valence-corrected chi connectivity index (χ3v) is 4.44. The maximum absolute atomic E-state index is 13.1. The van der Waals surface area contributed by atoms with Crippen LogP contribution in [0.3, 0.4) is 0 Å². The second-order valence-corrected chi connectivity index (χ2v) is 6.53. The number of β-amino-alcohol motifs (C(OH)–C–C–N with tert-alkyl or cyclic N) is 1. The molecule has 1 fully saturated rings. The normalized spacial score (nSPS) is 20.1. The number of aliphatic hydroxyl groups is 1. The number of aryl methyl sites for hydroxylation is 1. The number of nitrogens with zero attached hydrogens (tertiary/aromatic N) is 3. The lowest BCUT2D eigenvalue weighted by Gasteiger charge is -2.35. The van der Waals surface area contributed by atoms with E-state index in [0.29, 0.717) is 29.9 Å². The van der Waals surface area contributed by atoms with Crippen molar-refractivity contribution in [3.8, 4) is 5.69 Å². The molecule has 0 radical (unpaired) electrons. The number of amides is 2. The van der Waals surface area contributed by atoms with E-state index in [1.54, 1.807) is 25.3 Å². The number of halogens is 1. The van der Waals surface area contributed by atoms with Crippen molar-refractivity contribution in [1.82, 2.24) is 20.0 Å². The van der Waals surface area contributed by atoms with Crippen molar-refractivity contribution in [2.45, 2.75) is 32.4 Å². The number of hydrogen-bond acceptors (Lipinski definition) is 4. The van der Waals surface area contributed by atoms with Gasteiger partial charge in [-0.2, -0.15) is 5.10 Å². The minimum absolute atomic E-state index is 0.136. The first-order valence-corrected chi connectivity index (χ1v) is 8.40. The number of aromatic nitrogens is 2. The number of carbonyl (C=O) groups is 2. The molecule has 2 atom stereocenters. The van der Waals surface area contributed by atoms with Gasteiger partial charge in [-0.25, -0.2) is 9.07 Å². The van der Waals surface area contributed by atoms with Crippen LogP contribution >= 0.6 is 0 Å². The third-order valence-electron chi connectivity index (χ3n) is 4.44. The summed E-state index contributed by atoms with van der Waals surface area (Å²) in [5.74, 6) is -0.803. The Hall–Kier alpha value is -2.74. The Bertz CT molecular complexity index is 818. The highest BCUT2D eigenvalue weighted by Gasteiger charge is 2.29. The summed E-state index contributed by atoms with van der Waals surface area (Å²) in [6.07, 6.45) is 1.31. The number of likely N-dealkylation sites (tertiary alicyclic amines) is 1. The van der Waals surface area contributed by atoms with Gasteiger partial charge in [0, 0.05) is 32.3 Å². The molecule has 1 aliphatic rings. The summed E-state index contributed by atoms with van der Waals surface area (Å²) in [4.78, 5) is 25.7. The maximum Gasteiger partial charge on any atom is 0.255 e. The topological polar surface area (TPSA) is 87.5 Å². The lowest BCUT2D eigenvalue weighted by molar-refractivity contribution is -0.132. The molecule has 7 nitrogen and oxygen atoms in total. The van der Waals surface area contributed by atoms with Crippen molar-refractivity contribution < 1.29 is 19.1 Å². The van der Waals surface area contributed by atoms with E-state index in [4.69, 9.17) is 0 Å². The number of piperidine rings is 1. The van der Waals surface area contributed by atoms with Crippen molar-refractivity contribution in [3.63, 3.8) is 0 Å². The maximum atomic E-state index is 13.1. The van der Waals surface area contributed by atoms with Crippen LogP contribution in [0, 0.1) is 12.7 Å². The minimum Gasteiger partial charge on any atom is -0.391 e. The van der Waals surface area contributed by atoms with Gasteiger partial charge in [0.2, 0.25) is 5.91 Å². The molecule has 3 rings (SSSR count). The van der Waals surface area contributed by atoms with E-state index in [2.05, 4.69) is 10.4 Å². The summed E-state index contributed by atoms with van der Waals surface area (Å²) in [5, 5.41) is 17.1. The molecule has 8 heteroatoms. The minimum atomic E-state index is -0.666. The zero-order chi connectivity index (χ0) is 18.8. The van der Waals surface area contributed by atoms with Gasteiger partial charge in [-0.05, 0) is 37.6 Å². The van der Waals surface area contributed by atoms with E-state index in [9.17, 15) is 19.1 Å². The number of rotatable bonds is 3. The van der Waals surface area contributed by atoms with Crippen LogP contribution in [0.25, 0.3) is 5.69 Å². The molecule has 0 spiro atoms. The molecule has 1 aromatic carbocycles. The van der Waals surface area contributed by atoms with Gasteiger partial charge >= 0.3 is 0 Å². The van der Waals surface area contributed by atoms with Gasteiger partial charge in [0.1, 0.15) is 5.82 Å². The Balaban J connectivity index is 1.74. The van der Waals surface area contributed by atoms with Gasteiger partial charge in [-0.1, -0.05) is 0 Å². The molecule has 2 N–H and O–H groups in total. The van der Waals surface area contributed by atoms with Crippen LogP contribution in [-0.2, 0) is 4.79 Å². The quantitative estimate of drug-likeness (QED) is 0.856. The molecular formula is C18H21FN4O3. The highest BCUT2D eigenvalue weighted by Crippen LogP contribution is 2.15. The molecule has 1 saturated heterocycles. The fourth-order valence-corrected chi connectivity index (χ4v) is 3.11. The van der Waals surface area contributed by atoms with Crippen LogP contribution < -0.4 is 5.32 Å². The summed E-state index contributed by atoms with van der Waals surface area (Å²) in [7, 11) is 0. The average molecular weight is 360 g/mol. The van der Waals surface area contributed by atoms with Gasteiger partial charge in [-0.3, -0.25) is 9.59 Å². The first-order valence-electron chi connectivity index (χ1n) is 8.40. The molecule has 2 unspecified atom stereocenters. The smallest absolute Gasteiger partial charge is 0.255 e. The summed E-state index contributed by atoms with van der Waals surface area (Å²) in [6, 6.07) is 5.47. The van der Waals surface area contributed by atoms with E-state index in [1.165, 1.54) is 28.6 Å². The Labute approximate surface area is 150 Å². The van der Waals surface area contributed by atoms with Crippen LogP contribution in [0.15, 0.2) is 30.5 Å². The van der Waals surface area contributed by atoms with Crippen LogP contribution in [-0.4, -0.2) is 56.8 Å². The first kappa shape index (κ1) is 18.1. The molecule has 2 heterocycles. The molecule has 2 aromatic rings. The standard InChI is InChI=1S/C18H21FN4O3/c1-11-17(10-23(21-11)15-5-3-13(19)4-6-15)18(26)20-14-7-16(25)9-22(8-14)12(2)24/h3-6,10,14,16,25H,7-9H2,1-2H3,(H,20,26). The zero-order valence-electron chi connectivity index (χ0n) is 14.6. The summed E-state index contributed by atoms with van der Waals surface area (Å²) in [5.41, 5.74) is 1.57. The Morgan fingerprint density at radius 1 is 1.27 bits per heavy atom. The molecule has 0 aliphatic carbocycles. The van der Waals surface area contributed by atoms with E-state index < -0.39 is 6.10 Å². The van der Waals surface area contributed by atoms with E-state index in [0.717, 1.165) is 0 Å². The summed E-state index contributed by atoms with van der Waals surface area (Å²) >= 11 is 0. The molecule has 1 aliphatic heterocycles. The second-order valence-electron chi connectivity index (χ2n) is 6.53. The molecule has 26 heavy (non-hydrogen) atoms. The largest absolute Gasteiger partial charge is 0.391 e. The molecular weight excluding hydrogens is 339 g/mol.